The number of nitrogens with one attached hydrogen (secondary N) is 2. The zero-order valence-corrected chi connectivity index (χ0v) is 13.7. The van der Waals surface area contributed by atoms with Gasteiger partial charge in [0.2, 0.25) is 0 Å². The average molecular weight is 342 g/mol. The number of anilines is 3. The molecule has 0 saturated carbocycles. The minimum Gasteiger partial charge on any atom is -0.478 e. The second kappa shape index (κ2) is 6.22. The second-order valence-electron chi connectivity index (χ2n) is 5.78. The molecule has 0 spiro atoms. The molecule has 4 rings (SSSR count). The molecule has 1 aromatic heterocycles. The average Bonchev–Trinajstić information content (AvgIpc) is 2.68. The van der Waals surface area contributed by atoms with Gasteiger partial charge in [0.05, 0.1) is 16.8 Å². The second-order valence-corrected chi connectivity index (χ2v) is 5.78. The van der Waals surface area contributed by atoms with Crippen LogP contribution in [0, 0.1) is 12.3 Å². The summed E-state index contributed by atoms with van der Waals surface area (Å²) in [6.07, 6.45) is 7.24. The zero-order valence-electron chi connectivity index (χ0n) is 13.7. The van der Waals surface area contributed by atoms with Crippen molar-refractivity contribution < 1.29 is 9.90 Å². The molecule has 3 N–H and O–H groups in total. The smallest absolute Gasteiger partial charge is 0.335 e. The first-order valence-electron chi connectivity index (χ1n) is 7.94. The highest BCUT2D eigenvalue weighted by atomic mass is 16.4. The van der Waals surface area contributed by atoms with Crippen LogP contribution in [0.25, 0.3) is 10.9 Å². The predicted molar refractivity (Wildman–Crippen MR) is 102 cm³/mol. The van der Waals surface area contributed by atoms with E-state index in [0.717, 1.165) is 27.9 Å². The lowest BCUT2D eigenvalue weighted by atomic mass is 10.0. The van der Waals surface area contributed by atoms with Gasteiger partial charge in [-0.1, -0.05) is 18.1 Å². The number of hydrogen-bond donors (Lipinski definition) is 3. The molecule has 0 atom stereocenters. The molecule has 1 aliphatic heterocycles. The van der Waals surface area contributed by atoms with Crippen molar-refractivity contribution in [2.45, 2.75) is 0 Å². The van der Waals surface area contributed by atoms with E-state index in [0.29, 0.717) is 18.0 Å². The lowest BCUT2D eigenvalue weighted by molar-refractivity contribution is 0.0697. The Morgan fingerprint density at radius 1 is 1.27 bits per heavy atom. The van der Waals surface area contributed by atoms with E-state index in [1.54, 1.807) is 24.4 Å². The van der Waals surface area contributed by atoms with E-state index >= 15 is 0 Å². The Morgan fingerprint density at radius 2 is 2.15 bits per heavy atom. The number of rotatable bonds is 3. The number of benzene rings is 2. The van der Waals surface area contributed by atoms with Crippen LogP contribution < -0.4 is 10.6 Å². The number of carboxylic acid groups (broad SMARTS) is 1. The fourth-order valence-electron chi connectivity index (χ4n) is 2.91. The number of pyridine rings is 1. The van der Waals surface area contributed by atoms with Crippen LogP contribution in [0.3, 0.4) is 0 Å². The first-order chi connectivity index (χ1) is 12.7. The summed E-state index contributed by atoms with van der Waals surface area (Å²) in [6.45, 7) is 0.451. The number of carboxylic acids is 1. The van der Waals surface area contributed by atoms with Gasteiger partial charge in [-0.2, -0.15) is 0 Å². The Balaban J connectivity index is 1.89. The molecular weight excluding hydrogens is 328 g/mol. The maximum Gasteiger partial charge on any atom is 0.335 e. The maximum atomic E-state index is 11.3. The Labute approximate surface area is 149 Å². The summed E-state index contributed by atoms with van der Waals surface area (Å²) in [5.41, 5.74) is 4.01. The summed E-state index contributed by atoms with van der Waals surface area (Å²) in [5.74, 6) is 2.20. The topological polar surface area (TPSA) is 86.6 Å². The van der Waals surface area contributed by atoms with Gasteiger partial charge in [0.25, 0.3) is 0 Å². The van der Waals surface area contributed by atoms with Crippen LogP contribution in [0.1, 0.15) is 21.5 Å². The minimum absolute atomic E-state index is 0.186. The van der Waals surface area contributed by atoms with E-state index in [1.807, 2.05) is 24.3 Å². The summed E-state index contributed by atoms with van der Waals surface area (Å²) in [6, 6.07) is 12.3. The molecule has 0 aliphatic carbocycles. The normalized spacial score (nSPS) is 12.1. The highest BCUT2D eigenvalue weighted by Gasteiger charge is 2.17. The first-order valence-corrected chi connectivity index (χ1v) is 7.94. The largest absolute Gasteiger partial charge is 0.478 e. The predicted octanol–water partition coefficient (Wildman–Crippen LogP) is 3.46. The minimum atomic E-state index is -0.991. The molecule has 0 amide bonds. The van der Waals surface area contributed by atoms with Gasteiger partial charge in [0.1, 0.15) is 6.67 Å². The van der Waals surface area contributed by atoms with Crippen molar-refractivity contribution in [1.82, 2.24) is 4.98 Å². The van der Waals surface area contributed by atoms with Crippen molar-refractivity contribution in [2.75, 3.05) is 17.3 Å². The van der Waals surface area contributed by atoms with Crippen molar-refractivity contribution in [2.24, 2.45) is 4.99 Å². The fraction of sp³-hybridized carbons (Fsp3) is 0.0500. The molecule has 0 bridgehead atoms. The SMILES string of the molecule is C#Cc1cccc(Nc2nc3cc(C(=O)O)ccc3c3c2NCN=C3)c1. The molecule has 1 aliphatic rings. The van der Waals surface area contributed by atoms with Crippen LogP contribution in [-0.4, -0.2) is 28.9 Å². The zero-order chi connectivity index (χ0) is 18.1. The number of carbonyl (C=O) groups is 1. The fourth-order valence-corrected chi connectivity index (χ4v) is 2.91. The summed E-state index contributed by atoms with van der Waals surface area (Å²) in [5, 5.41) is 16.6. The molecule has 0 radical (unpaired) electrons. The van der Waals surface area contributed by atoms with Crippen molar-refractivity contribution in [3.63, 3.8) is 0 Å². The van der Waals surface area contributed by atoms with Gasteiger partial charge in [-0.25, -0.2) is 9.78 Å². The van der Waals surface area contributed by atoms with E-state index in [4.69, 9.17) is 6.42 Å². The van der Waals surface area contributed by atoms with Crippen molar-refractivity contribution >= 4 is 40.3 Å². The number of nitrogens with zero attached hydrogens (tertiary/aromatic N) is 2. The van der Waals surface area contributed by atoms with Crippen LogP contribution in [-0.2, 0) is 0 Å². The number of fused-ring (bicyclic) bond motifs is 3. The van der Waals surface area contributed by atoms with Gasteiger partial charge >= 0.3 is 5.97 Å². The van der Waals surface area contributed by atoms with Crippen LogP contribution in [0.15, 0.2) is 47.5 Å². The van der Waals surface area contributed by atoms with Crippen LogP contribution in [0.2, 0.25) is 0 Å². The molecular formula is C20H14N4O2. The molecule has 26 heavy (non-hydrogen) atoms. The van der Waals surface area contributed by atoms with E-state index in [2.05, 4.69) is 26.5 Å². The number of aromatic nitrogens is 1. The molecule has 6 nitrogen and oxygen atoms in total. The number of terminal acetylenes is 1. The molecule has 0 fully saturated rings. The molecule has 0 saturated heterocycles. The Bertz CT molecular complexity index is 1110. The monoisotopic (exact) mass is 342 g/mol. The maximum absolute atomic E-state index is 11.3. The van der Waals surface area contributed by atoms with Gasteiger partial charge in [-0.05, 0) is 30.3 Å². The van der Waals surface area contributed by atoms with Crippen molar-refractivity contribution in [1.29, 1.82) is 0 Å². The standard InChI is InChI=1S/C20H14N4O2/c1-2-12-4-3-5-14(8-12)23-19-18-16(10-21-11-22-18)15-7-6-13(20(25)26)9-17(15)24-19/h1,3-10,22H,11H2,(H,23,24)(H,25,26). The number of hydrogen-bond acceptors (Lipinski definition) is 5. The third-order valence-corrected chi connectivity index (χ3v) is 4.13. The lowest BCUT2D eigenvalue weighted by Crippen LogP contribution is -2.12. The van der Waals surface area contributed by atoms with Gasteiger partial charge in [-0.3, -0.25) is 4.99 Å². The summed E-state index contributed by atoms with van der Waals surface area (Å²) in [7, 11) is 0. The molecule has 0 unspecified atom stereocenters. The van der Waals surface area contributed by atoms with Crippen molar-refractivity contribution in [3.05, 3.63) is 59.2 Å². The van der Waals surface area contributed by atoms with E-state index in [-0.39, 0.29) is 5.56 Å². The molecule has 3 aromatic rings. The van der Waals surface area contributed by atoms with Crippen molar-refractivity contribution in [3.8, 4) is 12.3 Å². The quantitative estimate of drug-likeness (QED) is 0.635. The lowest BCUT2D eigenvalue weighted by Gasteiger charge is -2.19. The highest BCUT2D eigenvalue weighted by molar-refractivity contribution is 6.08. The number of aliphatic imine (C=N–C) groups is 1. The van der Waals surface area contributed by atoms with Crippen LogP contribution in [0.5, 0.6) is 0 Å². The molecule has 6 heteroatoms. The summed E-state index contributed by atoms with van der Waals surface area (Å²) in [4.78, 5) is 20.2. The van der Waals surface area contributed by atoms with Gasteiger partial charge in [0.15, 0.2) is 5.82 Å². The Morgan fingerprint density at radius 3 is 2.96 bits per heavy atom. The van der Waals surface area contributed by atoms with Gasteiger partial charge in [0, 0.05) is 28.4 Å². The summed E-state index contributed by atoms with van der Waals surface area (Å²) < 4.78 is 0. The third kappa shape index (κ3) is 2.72. The summed E-state index contributed by atoms with van der Waals surface area (Å²) >= 11 is 0. The third-order valence-electron chi connectivity index (χ3n) is 4.13. The van der Waals surface area contributed by atoms with E-state index in [1.165, 1.54) is 0 Å². The number of aromatic carboxylic acids is 1. The van der Waals surface area contributed by atoms with Crippen LogP contribution >= 0.6 is 0 Å². The van der Waals surface area contributed by atoms with Gasteiger partial charge in [-0.15, -0.1) is 6.42 Å². The van der Waals surface area contributed by atoms with Gasteiger partial charge < -0.3 is 15.7 Å². The Hall–Kier alpha value is -3.85. The Kier molecular flexibility index (Phi) is 3.75. The highest BCUT2D eigenvalue weighted by Crippen LogP contribution is 2.34. The molecule has 2 aromatic carbocycles. The first kappa shape index (κ1) is 15.7. The van der Waals surface area contributed by atoms with Crippen LogP contribution in [0.4, 0.5) is 17.2 Å². The molecule has 2 heterocycles. The van der Waals surface area contributed by atoms with E-state index in [9.17, 15) is 9.90 Å². The van der Waals surface area contributed by atoms with E-state index < -0.39 is 5.97 Å². The molecule has 126 valence electrons.